The Morgan fingerprint density at radius 2 is 1.65 bits per heavy atom. The van der Waals surface area contributed by atoms with Gasteiger partial charge in [0.15, 0.2) is 0 Å². The summed E-state index contributed by atoms with van der Waals surface area (Å²) in [6.45, 7) is 1.34. The molecule has 0 fully saturated rings. The van der Waals surface area contributed by atoms with E-state index in [9.17, 15) is 9.59 Å². The van der Waals surface area contributed by atoms with E-state index < -0.39 is 0 Å². The third kappa shape index (κ3) is 4.35. The van der Waals surface area contributed by atoms with Crippen LogP contribution in [-0.2, 0) is 14.2 Å². The summed E-state index contributed by atoms with van der Waals surface area (Å²) >= 11 is 0. The SMILES string of the molecule is COC(CO)COCCOCCN1C(=O)c2ccccc2C1=O. The molecule has 23 heavy (non-hydrogen) atoms. The molecular weight excluding hydrogens is 302 g/mol. The van der Waals surface area contributed by atoms with Crippen molar-refractivity contribution in [2.45, 2.75) is 6.10 Å². The predicted octanol–water partition coefficient (Wildman–Crippen LogP) is 0.323. The van der Waals surface area contributed by atoms with Gasteiger partial charge < -0.3 is 19.3 Å². The van der Waals surface area contributed by atoms with Gasteiger partial charge in [-0.05, 0) is 12.1 Å². The molecular formula is C16H21NO6. The first-order valence-electron chi connectivity index (χ1n) is 7.43. The van der Waals surface area contributed by atoms with E-state index in [1.807, 2.05) is 0 Å². The minimum absolute atomic E-state index is 0.100. The van der Waals surface area contributed by atoms with Gasteiger partial charge in [-0.25, -0.2) is 0 Å². The first-order valence-corrected chi connectivity index (χ1v) is 7.43. The lowest BCUT2D eigenvalue weighted by Crippen LogP contribution is -2.33. The lowest BCUT2D eigenvalue weighted by molar-refractivity contribution is -0.0344. The van der Waals surface area contributed by atoms with Crippen LogP contribution < -0.4 is 0 Å². The first-order chi connectivity index (χ1) is 11.2. The van der Waals surface area contributed by atoms with E-state index in [-0.39, 0.29) is 44.3 Å². The minimum atomic E-state index is -0.339. The molecule has 0 radical (unpaired) electrons. The smallest absolute Gasteiger partial charge is 0.261 e. The number of nitrogens with zero attached hydrogens (tertiary/aromatic N) is 1. The van der Waals surface area contributed by atoms with E-state index in [2.05, 4.69) is 0 Å². The molecule has 0 saturated heterocycles. The molecule has 1 N–H and O–H groups in total. The molecule has 1 unspecified atom stereocenters. The van der Waals surface area contributed by atoms with Crippen molar-refractivity contribution in [1.29, 1.82) is 0 Å². The van der Waals surface area contributed by atoms with Crippen molar-refractivity contribution in [2.24, 2.45) is 0 Å². The molecule has 0 aliphatic carbocycles. The fraction of sp³-hybridized carbons (Fsp3) is 0.500. The van der Waals surface area contributed by atoms with Gasteiger partial charge >= 0.3 is 0 Å². The highest BCUT2D eigenvalue weighted by molar-refractivity contribution is 6.21. The van der Waals surface area contributed by atoms with Gasteiger partial charge in [0.25, 0.3) is 11.8 Å². The number of carbonyl (C=O) groups is 2. The molecule has 1 heterocycles. The largest absolute Gasteiger partial charge is 0.394 e. The van der Waals surface area contributed by atoms with Crippen molar-refractivity contribution >= 4 is 11.8 Å². The van der Waals surface area contributed by atoms with Crippen LogP contribution in [0.4, 0.5) is 0 Å². The monoisotopic (exact) mass is 323 g/mol. The fourth-order valence-corrected chi connectivity index (χ4v) is 2.23. The van der Waals surface area contributed by atoms with Crippen LogP contribution in [0.1, 0.15) is 20.7 Å². The molecule has 7 heteroatoms. The third-order valence-electron chi connectivity index (χ3n) is 3.55. The standard InChI is InChI=1S/C16H21NO6/c1-21-12(10-18)11-23-9-8-22-7-6-17-15(19)13-4-2-3-5-14(13)16(17)20/h2-5,12,18H,6-11H2,1H3. The van der Waals surface area contributed by atoms with E-state index in [0.29, 0.717) is 24.3 Å². The van der Waals surface area contributed by atoms with Gasteiger partial charge in [0, 0.05) is 7.11 Å². The van der Waals surface area contributed by atoms with E-state index in [0.717, 1.165) is 0 Å². The summed E-state index contributed by atoms with van der Waals surface area (Å²) in [5, 5.41) is 8.91. The van der Waals surface area contributed by atoms with Gasteiger partial charge in [-0.3, -0.25) is 14.5 Å². The number of aliphatic hydroxyl groups is 1. The normalized spacial score (nSPS) is 15.1. The van der Waals surface area contributed by atoms with Crippen molar-refractivity contribution in [2.75, 3.05) is 46.7 Å². The Labute approximate surface area is 134 Å². The molecule has 1 aliphatic heterocycles. The Morgan fingerprint density at radius 3 is 2.22 bits per heavy atom. The second-order valence-electron chi connectivity index (χ2n) is 5.04. The van der Waals surface area contributed by atoms with Crippen LogP contribution >= 0.6 is 0 Å². The van der Waals surface area contributed by atoms with E-state index in [1.54, 1.807) is 24.3 Å². The highest BCUT2D eigenvalue weighted by Gasteiger charge is 2.34. The summed E-state index contributed by atoms with van der Waals surface area (Å²) in [4.78, 5) is 25.4. The zero-order chi connectivity index (χ0) is 16.7. The molecule has 1 atom stereocenters. The maximum Gasteiger partial charge on any atom is 0.261 e. The maximum atomic E-state index is 12.1. The number of rotatable bonds is 10. The Bertz CT molecular complexity index is 508. The average molecular weight is 323 g/mol. The highest BCUT2D eigenvalue weighted by Crippen LogP contribution is 2.21. The number of imide groups is 1. The molecule has 1 aromatic rings. The topological polar surface area (TPSA) is 85.3 Å². The van der Waals surface area contributed by atoms with Crippen LogP contribution in [0.2, 0.25) is 0 Å². The second kappa shape index (κ2) is 8.73. The van der Waals surface area contributed by atoms with Crippen molar-refractivity contribution in [3.05, 3.63) is 35.4 Å². The number of methoxy groups -OCH3 is 1. The molecule has 0 saturated carbocycles. The van der Waals surface area contributed by atoms with Gasteiger partial charge in [-0.1, -0.05) is 12.1 Å². The van der Waals surface area contributed by atoms with Crippen LogP contribution in [0, 0.1) is 0 Å². The Kier molecular flexibility index (Phi) is 6.66. The van der Waals surface area contributed by atoms with Gasteiger partial charge in [-0.2, -0.15) is 0 Å². The number of amides is 2. The molecule has 1 aromatic carbocycles. The van der Waals surface area contributed by atoms with Crippen LogP contribution in [0.5, 0.6) is 0 Å². The predicted molar refractivity (Wildman–Crippen MR) is 81.3 cm³/mol. The number of aliphatic hydroxyl groups excluding tert-OH is 1. The molecule has 0 aromatic heterocycles. The molecule has 2 amide bonds. The Hall–Kier alpha value is -1.80. The van der Waals surface area contributed by atoms with E-state index in [4.69, 9.17) is 19.3 Å². The van der Waals surface area contributed by atoms with Gasteiger partial charge in [0.2, 0.25) is 0 Å². The molecule has 7 nitrogen and oxygen atoms in total. The molecule has 126 valence electrons. The van der Waals surface area contributed by atoms with Gasteiger partial charge in [0.05, 0.1) is 50.7 Å². The summed E-state index contributed by atoms with van der Waals surface area (Å²) in [5.41, 5.74) is 0.880. The Morgan fingerprint density at radius 1 is 1.04 bits per heavy atom. The zero-order valence-corrected chi connectivity index (χ0v) is 13.1. The summed E-state index contributed by atoms with van der Waals surface area (Å²) in [6.07, 6.45) is -0.339. The van der Waals surface area contributed by atoms with Crippen molar-refractivity contribution < 1.29 is 28.9 Å². The zero-order valence-electron chi connectivity index (χ0n) is 13.1. The average Bonchev–Trinajstić information content (AvgIpc) is 2.82. The molecule has 1 aliphatic rings. The number of hydrogen-bond acceptors (Lipinski definition) is 6. The number of benzene rings is 1. The molecule has 0 spiro atoms. The molecule has 2 rings (SSSR count). The third-order valence-corrected chi connectivity index (χ3v) is 3.55. The van der Waals surface area contributed by atoms with Crippen molar-refractivity contribution in [1.82, 2.24) is 4.90 Å². The maximum absolute atomic E-state index is 12.1. The number of fused-ring (bicyclic) bond motifs is 1. The molecule has 0 bridgehead atoms. The highest BCUT2D eigenvalue weighted by atomic mass is 16.5. The van der Waals surface area contributed by atoms with Crippen LogP contribution in [-0.4, -0.2) is 74.6 Å². The number of hydrogen-bond donors (Lipinski definition) is 1. The van der Waals surface area contributed by atoms with Gasteiger partial charge in [0.1, 0.15) is 6.10 Å². The first kappa shape index (κ1) is 17.6. The van der Waals surface area contributed by atoms with Crippen molar-refractivity contribution in [3.63, 3.8) is 0 Å². The number of ether oxygens (including phenoxy) is 3. The second-order valence-corrected chi connectivity index (χ2v) is 5.04. The Balaban J connectivity index is 1.64. The summed E-state index contributed by atoms with van der Waals surface area (Å²) in [5.74, 6) is -0.562. The van der Waals surface area contributed by atoms with Crippen LogP contribution in [0.25, 0.3) is 0 Å². The summed E-state index contributed by atoms with van der Waals surface area (Å²) in [6, 6.07) is 6.78. The minimum Gasteiger partial charge on any atom is -0.394 e. The summed E-state index contributed by atoms with van der Waals surface area (Å²) < 4.78 is 15.6. The fourth-order valence-electron chi connectivity index (χ4n) is 2.23. The quantitative estimate of drug-likeness (QED) is 0.493. The van der Waals surface area contributed by atoms with E-state index in [1.165, 1.54) is 12.0 Å². The van der Waals surface area contributed by atoms with E-state index >= 15 is 0 Å². The van der Waals surface area contributed by atoms with Crippen LogP contribution in [0.3, 0.4) is 0 Å². The number of carbonyl (C=O) groups excluding carboxylic acids is 2. The lowest BCUT2D eigenvalue weighted by atomic mass is 10.1. The van der Waals surface area contributed by atoms with Crippen molar-refractivity contribution in [3.8, 4) is 0 Å². The van der Waals surface area contributed by atoms with Crippen LogP contribution in [0.15, 0.2) is 24.3 Å². The summed E-state index contributed by atoms with van der Waals surface area (Å²) in [7, 11) is 1.50. The lowest BCUT2D eigenvalue weighted by Gasteiger charge is -2.14. The van der Waals surface area contributed by atoms with Gasteiger partial charge in [-0.15, -0.1) is 0 Å².